The van der Waals surface area contributed by atoms with Crippen LogP contribution in [0.4, 0.5) is 10.5 Å². The molecule has 2 aromatic rings. The minimum atomic E-state index is -1.14. The van der Waals surface area contributed by atoms with Gasteiger partial charge in [0.2, 0.25) is 12.1 Å². The molecule has 1 aromatic heterocycles. The molecule has 1 saturated carbocycles. The van der Waals surface area contributed by atoms with E-state index in [1.54, 1.807) is 0 Å². The number of hydrogen-bond acceptors (Lipinski definition) is 5. The molecule has 4 aliphatic rings. The van der Waals surface area contributed by atoms with Crippen molar-refractivity contribution in [2.45, 2.75) is 45.7 Å². The number of nitrogens with zero attached hydrogens (tertiary/aromatic N) is 5. The Morgan fingerprint density at radius 1 is 1.09 bits per heavy atom. The van der Waals surface area contributed by atoms with Crippen LogP contribution >= 0.6 is 0 Å². The normalized spacial score (nSPS) is 24.2. The first-order chi connectivity index (χ1) is 16.4. The van der Waals surface area contributed by atoms with Gasteiger partial charge in [-0.25, -0.2) is 9.78 Å². The second-order valence-corrected chi connectivity index (χ2v) is 9.62. The maximum Gasteiger partial charge on any atom is 0.328 e. The largest absolute Gasteiger partial charge is 0.341 e. The smallest absolute Gasteiger partial charge is 0.328 e. The second-order valence-electron chi connectivity index (χ2n) is 9.62. The summed E-state index contributed by atoms with van der Waals surface area (Å²) in [6.07, 6.45) is 7.91. The number of carbonyl (C=O) groups excluding carboxylic acids is 3. The van der Waals surface area contributed by atoms with Gasteiger partial charge in [0.25, 0.3) is 5.91 Å². The van der Waals surface area contributed by atoms with Gasteiger partial charge in [0.1, 0.15) is 12.9 Å². The second kappa shape index (κ2) is 9.04. The molecule has 1 aromatic carbocycles. The number of anilines is 1. The van der Waals surface area contributed by atoms with Crippen LogP contribution in [-0.4, -0.2) is 63.8 Å². The Hall–Kier alpha value is -3.49. The average molecular weight is 463 g/mol. The van der Waals surface area contributed by atoms with Crippen molar-refractivity contribution in [2.24, 2.45) is 16.8 Å². The van der Waals surface area contributed by atoms with Gasteiger partial charge in [-0.1, -0.05) is 18.2 Å². The van der Waals surface area contributed by atoms with E-state index >= 15 is 0 Å². The van der Waals surface area contributed by atoms with E-state index in [4.69, 9.17) is 0 Å². The van der Waals surface area contributed by atoms with Crippen molar-refractivity contribution >= 4 is 29.2 Å². The Labute approximate surface area is 198 Å². The first-order valence-electron chi connectivity index (χ1n) is 11.9. The van der Waals surface area contributed by atoms with E-state index in [1.165, 1.54) is 53.9 Å². The molecule has 1 atom stereocenters. The third-order valence-electron chi connectivity index (χ3n) is 7.29. The first kappa shape index (κ1) is 22.3. The van der Waals surface area contributed by atoms with E-state index in [2.05, 4.69) is 15.3 Å². The summed E-state index contributed by atoms with van der Waals surface area (Å²) in [5.74, 6) is 0.612. The Balaban J connectivity index is 1.45. The van der Waals surface area contributed by atoms with Gasteiger partial charge in [0, 0.05) is 36.8 Å². The summed E-state index contributed by atoms with van der Waals surface area (Å²) >= 11 is 0. The van der Waals surface area contributed by atoms with E-state index in [0.29, 0.717) is 23.2 Å². The highest BCUT2D eigenvalue weighted by molar-refractivity contribution is 6.14. The Morgan fingerprint density at radius 2 is 1.79 bits per heavy atom. The molecule has 3 fully saturated rings. The van der Waals surface area contributed by atoms with E-state index in [0.717, 1.165) is 24.2 Å². The number of imidazole rings is 1. The van der Waals surface area contributed by atoms with Crippen molar-refractivity contribution in [2.75, 3.05) is 24.5 Å². The third kappa shape index (κ3) is 4.22. The molecular formula is C25H30N6O3. The van der Waals surface area contributed by atoms with Crippen LogP contribution in [0.25, 0.3) is 0 Å². The number of benzodiazepines with no additional fused rings is 1. The molecule has 0 spiro atoms. The van der Waals surface area contributed by atoms with Gasteiger partial charge < -0.3 is 10.2 Å². The zero-order chi connectivity index (χ0) is 23.8. The summed E-state index contributed by atoms with van der Waals surface area (Å²) in [5.41, 5.74) is 2.98. The summed E-state index contributed by atoms with van der Waals surface area (Å²) in [6, 6.07) is 5.23. The lowest BCUT2D eigenvalue weighted by molar-refractivity contribution is -0.132. The van der Waals surface area contributed by atoms with Gasteiger partial charge in [-0.2, -0.15) is 0 Å². The van der Waals surface area contributed by atoms with Crippen molar-refractivity contribution in [1.29, 1.82) is 0 Å². The molecule has 3 amide bonds. The summed E-state index contributed by atoms with van der Waals surface area (Å²) in [4.78, 5) is 51.8. The fraction of sp³-hybridized carbons (Fsp3) is 0.480. The standard InChI is InChI=1S/C25H30N6O3/c1-16-4-3-5-20-17(2)27-23(28-25(34)29-11-10-26-15-29)24(33)31(22(16)20)14-21(32)30-12-18-6-7-19(13-30)9-8-18/h3-5,10-11,15,18-19,23H,6-9,12-14H2,1-2H3,(H,28,34). The maximum atomic E-state index is 13.7. The molecule has 3 aliphatic heterocycles. The van der Waals surface area contributed by atoms with Crippen LogP contribution in [0, 0.1) is 18.8 Å². The number of fused-ring (bicyclic) bond motifs is 5. The monoisotopic (exact) mass is 462 g/mol. The number of aryl methyl sites for hydroxylation is 1. The number of rotatable bonds is 3. The van der Waals surface area contributed by atoms with Crippen LogP contribution in [-0.2, 0) is 9.59 Å². The van der Waals surface area contributed by atoms with Gasteiger partial charge in [-0.3, -0.25) is 24.0 Å². The summed E-state index contributed by atoms with van der Waals surface area (Å²) in [6.45, 7) is 5.19. The fourth-order valence-corrected chi connectivity index (χ4v) is 5.44. The predicted molar refractivity (Wildman–Crippen MR) is 128 cm³/mol. The van der Waals surface area contributed by atoms with Crippen molar-refractivity contribution in [1.82, 2.24) is 19.8 Å². The molecular weight excluding hydrogens is 432 g/mol. The van der Waals surface area contributed by atoms with Crippen LogP contribution in [0.5, 0.6) is 0 Å². The minimum absolute atomic E-state index is 0.0550. The van der Waals surface area contributed by atoms with Gasteiger partial charge in [-0.05, 0) is 56.9 Å². The van der Waals surface area contributed by atoms with Crippen molar-refractivity contribution < 1.29 is 14.4 Å². The highest BCUT2D eigenvalue weighted by Gasteiger charge is 2.37. The average Bonchev–Trinajstić information content (AvgIpc) is 3.16. The van der Waals surface area contributed by atoms with Gasteiger partial charge >= 0.3 is 6.03 Å². The summed E-state index contributed by atoms with van der Waals surface area (Å²) in [5, 5.41) is 2.69. The number of nitrogens with one attached hydrogen (secondary N) is 1. The molecule has 34 heavy (non-hydrogen) atoms. The molecule has 0 radical (unpaired) electrons. The number of amides is 3. The van der Waals surface area contributed by atoms with Crippen LogP contribution in [0.2, 0.25) is 0 Å². The number of aromatic nitrogens is 2. The zero-order valence-corrected chi connectivity index (χ0v) is 19.6. The lowest BCUT2D eigenvalue weighted by Gasteiger charge is -2.30. The van der Waals surface area contributed by atoms with Gasteiger partial charge in [0.15, 0.2) is 0 Å². The van der Waals surface area contributed by atoms with Crippen molar-refractivity contribution in [3.05, 3.63) is 48.0 Å². The lowest BCUT2D eigenvalue weighted by atomic mass is 9.84. The molecule has 9 nitrogen and oxygen atoms in total. The van der Waals surface area contributed by atoms with Gasteiger partial charge in [0.05, 0.1) is 5.69 Å². The van der Waals surface area contributed by atoms with E-state index in [1.807, 2.05) is 36.9 Å². The minimum Gasteiger partial charge on any atom is -0.341 e. The van der Waals surface area contributed by atoms with Gasteiger partial charge in [-0.15, -0.1) is 0 Å². The molecule has 2 saturated heterocycles. The number of hydrogen-bond donors (Lipinski definition) is 1. The Bertz CT molecular complexity index is 1120. The van der Waals surface area contributed by atoms with E-state index < -0.39 is 18.1 Å². The van der Waals surface area contributed by atoms with Crippen molar-refractivity contribution in [3.8, 4) is 0 Å². The number of para-hydroxylation sites is 1. The quantitative estimate of drug-likeness (QED) is 0.758. The van der Waals surface area contributed by atoms with Crippen LogP contribution in [0.1, 0.15) is 43.7 Å². The summed E-state index contributed by atoms with van der Waals surface area (Å²) in [7, 11) is 0. The molecule has 4 heterocycles. The molecule has 9 heteroatoms. The number of aliphatic imine (C=N–C) groups is 1. The molecule has 6 rings (SSSR count). The van der Waals surface area contributed by atoms with E-state index in [-0.39, 0.29) is 12.5 Å². The zero-order valence-electron chi connectivity index (χ0n) is 19.6. The Morgan fingerprint density at radius 3 is 2.44 bits per heavy atom. The fourth-order valence-electron chi connectivity index (χ4n) is 5.44. The highest BCUT2D eigenvalue weighted by Crippen LogP contribution is 2.34. The lowest BCUT2D eigenvalue weighted by Crippen LogP contribution is -2.51. The highest BCUT2D eigenvalue weighted by atomic mass is 16.2. The first-order valence-corrected chi connectivity index (χ1v) is 11.9. The molecule has 1 aliphatic carbocycles. The Kier molecular flexibility index (Phi) is 5.93. The molecule has 178 valence electrons. The predicted octanol–water partition coefficient (Wildman–Crippen LogP) is 2.58. The SMILES string of the molecule is CC1=NC(NC(=O)n2ccnc2)C(=O)N(CC(=O)N2CC3CCC(CC3)C2)c2c(C)cccc21. The molecule has 1 N–H and O–H groups in total. The maximum absolute atomic E-state index is 13.7. The van der Waals surface area contributed by atoms with Crippen LogP contribution in [0.15, 0.2) is 41.9 Å². The summed E-state index contributed by atoms with van der Waals surface area (Å²) < 4.78 is 1.25. The number of carbonyl (C=O) groups is 3. The molecule has 1 unspecified atom stereocenters. The van der Waals surface area contributed by atoms with Crippen molar-refractivity contribution in [3.63, 3.8) is 0 Å². The topological polar surface area (TPSA) is 99.9 Å². The molecule has 2 bridgehead atoms. The van der Waals surface area contributed by atoms with Crippen LogP contribution < -0.4 is 10.2 Å². The van der Waals surface area contributed by atoms with Crippen LogP contribution in [0.3, 0.4) is 0 Å². The third-order valence-corrected chi connectivity index (χ3v) is 7.29. The van der Waals surface area contributed by atoms with E-state index in [9.17, 15) is 14.4 Å². The number of benzene rings is 1.